The molecule has 1 aromatic heterocycles. The molecule has 0 N–H and O–H groups in total. The highest BCUT2D eigenvalue weighted by Crippen LogP contribution is 2.47. The van der Waals surface area contributed by atoms with Crippen LogP contribution in [0.15, 0.2) is 47.3 Å². The van der Waals surface area contributed by atoms with Crippen molar-refractivity contribution in [1.29, 1.82) is 0 Å². The molecule has 2 aliphatic rings. The van der Waals surface area contributed by atoms with E-state index in [2.05, 4.69) is 0 Å². The number of para-hydroxylation sites is 1. The minimum absolute atomic E-state index is 0.0783. The third-order valence-electron chi connectivity index (χ3n) is 7.70. The summed E-state index contributed by atoms with van der Waals surface area (Å²) in [5.41, 5.74) is 2.12. The second-order valence-corrected chi connectivity index (χ2v) is 10.5. The zero-order chi connectivity index (χ0) is 28.4. The lowest BCUT2D eigenvalue weighted by molar-refractivity contribution is -0.135. The van der Waals surface area contributed by atoms with Crippen LogP contribution in [0.2, 0.25) is 0 Å². The minimum Gasteiger partial charge on any atom is -0.495 e. The van der Waals surface area contributed by atoms with Gasteiger partial charge in [-0.05, 0) is 61.8 Å². The number of carbonyl (C=O) groups excluding carboxylic acids is 3. The van der Waals surface area contributed by atoms with Gasteiger partial charge in [-0.2, -0.15) is 0 Å². The number of Topliss-reactive ketones (excluding diaryl/α,β-unsaturated/α-hetero) is 1. The Kier molecular flexibility index (Phi) is 7.87. The van der Waals surface area contributed by atoms with Gasteiger partial charge in [0, 0.05) is 36.9 Å². The van der Waals surface area contributed by atoms with Crippen LogP contribution in [-0.2, 0) is 21.4 Å². The summed E-state index contributed by atoms with van der Waals surface area (Å²) >= 11 is 0. The van der Waals surface area contributed by atoms with Crippen molar-refractivity contribution in [2.24, 2.45) is 7.05 Å². The molecule has 0 bridgehead atoms. The van der Waals surface area contributed by atoms with Crippen molar-refractivity contribution < 1.29 is 28.6 Å². The number of aryl methyl sites for hydroxylation is 1. The van der Waals surface area contributed by atoms with Crippen LogP contribution in [0.25, 0.3) is 17.0 Å². The van der Waals surface area contributed by atoms with E-state index in [4.69, 9.17) is 14.2 Å². The summed E-state index contributed by atoms with van der Waals surface area (Å²) in [5, 5.41) is 0.854. The first kappa shape index (κ1) is 27.4. The number of ketones is 1. The molecule has 0 spiro atoms. The van der Waals surface area contributed by atoms with Crippen LogP contribution in [-0.4, -0.2) is 35.5 Å². The van der Waals surface area contributed by atoms with Crippen molar-refractivity contribution in [2.45, 2.75) is 63.9 Å². The molecule has 0 radical (unpaired) electrons. The maximum absolute atomic E-state index is 13.6. The summed E-state index contributed by atoms with van der Waals surface area (Å²) in [5.74, 6) is -1.06. The van der Waals surface area contributed by atoms with Crippen molar-refractivity contribution in [2.75, 3.05) is 7.11 Å². The highest BCUT2D eigenvalue weighted by molar-refractivity contribution is 5.99. The van der Waals surface area contributed by atoms with Crippen LogP contribution in [0.4, 0.5) is 0 Å². The Balaban J connectivity index is 1.70. The molecule has 0 amide bonds. The number of cyclic esters (lactones) is 1. The summed E-state index contributed by atoms with van der Waals surface area (Å²) in [6.07, 6.45) is 6.68. The number of nitrogens with zero attached hydrogens (tertiary/aromatic N) is 1. The molecule has 8 heteroatoms. The van der Waals surface area contributed by atoms with Gasteiger partial charge in [0.25, 0.3) is 5.56 Å². The van der Waals surface area contributed by atoms with Crippen molar-refractivity contribution in [1.82, 2.24) is 4.57 Å². The molecule has 2 atom stereocenters. The number of esters is 2. The van der Waals surface area contributed by atoms with Gasteiger partial charge in [0.1, 0.15) is 22.8 Å². The number of pyridine rings is 1. The molecule has 40 heavy (non-hydrogen) atoms. The molecule has 208 valence electrons. The molecule has 1 unspecified atom stereocenters. The number of hydrogen-bond acceptors (Lipinski definition) is 7. The standard InChI is InChI=1S/C32H33NO7/c1-19-10-9-14-22(34)13-6-4-5-12-21-17-26-29(30(38-3)28(21)32(37)39-19)23(18-27(35)40-26)24-16-20-11-7-8-15-25(20)33(2)31(24)36/h5,7-8,11-12,15-17,19,23H,4,6,9-10,13-14,18H2,1-3H3/t19-,23?/m0/s1. The van der Waals surface area contributed by atoms with Crippen LogP contribution in [0.5, 0.6) is 11.5 Å². The fourth-order valence-electron chi connectivity index (χ4n) is 5.67. The van der Waals surface area contributed by atoms with Gasteiger partial charge in [-0.3, -0.25) is 14.4 Å². The summed E-state index contributed by atoms with van der Waals surface area (Å²) in [7, 11) is 3.16. The molecular weight excluding hydrogens is 510 g/mol. The second kappa shape index (κ2) is 11.5. The highest BCUT2D eigenvalue weighted by atomic mass is 16.5. The van der Waals surface area contributed by atoms with Crippen molar-refractivity contribution in [3.8, 4) is 11.5 Å². The first-order valence-corrected chi connectivity index (χ1v) is 13.7. The molecule has 0 aliphatic carbocycles. The van der Waals surface area contributed by atoms with Gasteiger partial charge in [0.05, 0.1) is 25.2 Å². The molecule has 2 aliphatic heterocycles. The molecule has 0 saturated heterocycles. The Morgan fingerprint density at radius 1 is 1.02 bits per heavy atom. The predicted molar refractivity (Wildman–Crippen MR) is 151 cm³/mol. The Morgan fingerprint density at radius 3 is 2.60 bits per heavy atom. The average molecular weight is 544 g/mol. The summed E-state index contributed by atoms with van der Waals surface area (Å²) in [6.45, 7) is 1.80. The van der Waals surface area contributed by atoms with Gasteiger partial charge in [-0.1, -0.05) is 30.4 Å². The number of aromatic nitrogens is 1. The lowest BCUT2D eigenvalue weighted by atomic mass is 9.83. The van der Waals surface area contributed by atoms with E-state index in [1.54, 1.807) is 36.7 Å². The van der Waals surface area contributed by atoms with Crippen LogP contribution >= 0.6 is 0 Å². The Bertz CT molecular complexity index is 1580. The van der Waals surface area contributed by atoms with Crippen LogP contribution in [0, 0.1) is 0 Å². The van der Waals surface area contributed by atoms with E-state index in [9.17, 15) is 19.2 Å². The monoisotopic (exact) mass is 543 g/mol. The second-order valence-electron chi connectivity index (χ2n) is 10.5. The number of benzene rings is 2. The van der Waals surface area contributed by atoms with Crippen molar-refractivity contribution >= 4 is 34.7 Å². The van der Waals surface area contributed by atoms with Crippen LogP contribution in [0.1, 0.15) is 84.8 Å². The minimum atomic E-state index is -0.687. The fraction of sp³-hybridized carbons (Fsp3) is 0.375. The molecule has 8 nitrogen and oxygen atoms in total. The Hall–Kier alpha value is -4.20. The molecule has 2 aromatic carbocycles. The van der Waals surface area contributed by atoms with E-state index in [0.717, 1.165) is 10.9 Å². The maximum atomic E-state index is 13.6. The van der Waals surface area contributed by atoms with Gasteiger partial charge in [-0.15, -0.1) is 0 Å². The normalized spacial score (nSPS) is 20.2. The molecule has 0 fully saturated rings. The van der Waals surface area contributed by atoms with E-state index in [-0.39, 0.29) is 34.8 Å². The van der Waals surface area contributed by atoms with E-state index in [1.807, 2.05) is 30.3 Å². The number of methoxy groups -OCH3 is 1. The van der Waals surface area contributed by atoms with E-state index >= 15 is 0 Å². The number of ether oxygens (including phenoxy) is 3. The third-order valence-corrected chi connectivity index (χ3v) is 7.70. The molecular formula is C32H33NO7. The zero-order valence-electron chi connectivity index (χ0n) is 23.0. The first-order valence-electron chi connectivity index (χ1n) is 13.7. The van der Waals surface area contributed by atoms with E-state index in [0.29, 0.717) is 55.2 Å². The van der Waals surface area contributed by atoms with Crippen molar-refractivity contribution in [3.63, 3.8) is 0 Å². The summed E-state index contributed by atoms with van der Waals surface area (Å²) in [4.78, 5) is 52.2. The predicted octanol–water partition coefficient (Wildman–Crippen LogP) is 5.47. The summed E-state index contributed by atoms with van der Waals surface area (Å²) in [6, 6.07) is 11.0. The average Bonchev–Trinajstić information content (AvgIpc) is 2.93. The van der Waals surface area contributed by atoms with E-state index < -0.39 is 24.0 Å². The Labute approximate surface area is 232 Å². The third kappa shape index (κ3) is 5.30. The van der Waals surface area contributed by atoms with E-state index in [1.165, 1.54) is 7.11 Å². The Morgan fingerprint density at radius 2 is 1.80 bits per heavy atom. The zero-order valence-corrected chi connectivity index (χ0v) is 23.0. The van der Waals surface area contributed by atoms with Gasteiger partial charge in [0.2, 0.25) is 0 Å². The van der Waals surface area contributed by atoms with Gasteiger partial charge < -0.3 is 18.8 Å². The maximum Gasteiger partial charge on any atom is 0.342 e. The smallest absolute Gasteiger partial charge is 0.342 e. The molecule has 3 aromatic rings. The summed E-state index contributed by atoms with van der Waals surface area (Å²) < 4.78 is 18.9. The van der Waals surface area contributed by atoms with Gasteiger partial charge >= 0.3 is 11.9 Å². The first-order chi connectivity index (χ1) is 19.3. The highest BCUT2D eigenvalue weighted by Gasteiger charge is 2.37. The fourth-order valence-corrected chi connectivity index (χ4v) is 5.67. The van der Waals surface area contributed by atoms with Gasteiger partial charge in [-0.25, -0.2) is 4.79 Å². The van der Waals surface area contributed by atoms with Gasteiger partial charge in [0.15, 0.2) is 0 Å². The van der Waals surface area contributed by atoms with Crippen LogP contribution in [0.3, 0.4) is 0 Å². The number of fused-ring (bicyclic) bond motifs is 3. The SMILES string of the molecule is COc1c2c(cc3c1C(c1cc4ccccc4n(C)c1=O)CC(=O)O3)C=CCCCC(=O)CCC[C@H](C)OC2=O. The number of rotatable bonds is 2. The number of carbonyl (C=O) groups is 3. The lowest BCUT2D eigenvalue weighted by Gasteiger charge is -2.29. The van der Waals surface area contributed by atoms with Crippen LogP contribution < -0.4 is 15.0 Å². The van der Waals surface area contributed by atoms with Crippen molar-refractivity contribution in [3.05, 3.63) is 75.1 Å². The largest absolute Gasteiger partial charge is 0.495 e. The lowest BCUT2D eigenvalue weighted by Crippen LogP contribution is -2.29. The number of allylic oxidation sites excluding steroid dienone is 1. The number of hydrogen-bond donors (Lipinski definition) is 0. The molecule has 0 saturated carbocycles. The topological polar surface area (TPSA) is 101 Å². The molecule has 3 heterocycles. The molecule has 5 rings (SSSR count). The quantitative estimate of drug-likeness (QED) is 0.312.